The van der Waals surface area contributed by atoms with Crippen molar-refractivity contribution in [3.8, 4) is 5.75 Å². The molecule has 0 bridgehead atoms. The molecule has 0 aromatic heterocycles. The first kappa shape index (κ1) is 16.9. The van der Waals surface area contributed by atoms with Gasteiger partial charge >= 0.3 is 0 Å². The molecule has 0 heterocycles. The third-order valence-electron chi connectivity index (χ3n) is 4.35. The molecule has 1 aromatic rings. The predicted molar refractivity (Wildman–Crippen MR) is 90.2 cm³/mol. The van der Waals surface area contributed by atoms with E-state index in [2.05, 4.69) is 38.2 Å². The van der Waals surface area contributed by atoms with E-state index in [0.29, 0.717) is 6.04 Å². The number of nitrogens with one attached hydrogen (secondary N) is 1. The zero-order valence-corrected chi connectivity index (χ0v) is 14.3. The molecule has 1 aliphatic carbocycles. The first-order chi connectivity index (χ1) is 10.4. The van der Waals surface area contributed by atoms with Gasteiger partial charge in [0.05, 0.1) is 0 Å². The Morgan fingerprint density at radius 1 is 1.14 bits per heavy atom. The zero-order chi connectivity index (χ0) is 16.2. The Morgan fingerprint density at radius 2 is 1.73 bits per heavy atom. The van der Waals surface area contributed by atoms with Crippen molar-refractivity contribution in [1.82, 2.24) is 5.32 Å². The van der Waals surface area contributed by atoms with Crippen LogP contribution in [-0.4, -0.2) is 18.1 Å². The number of ether oxygens (including phenoxy) is 1. The number of benzene rings is 1. The lowest BCUT2D eigenvalue weighted by atomic mass is 9.87. The van der Waals surface area contributed by atoms with Crippen LogP contribution in [0.4, 0.5) is 0 Å². The monoisotopic (exact) mass is 303 g/mol. The molecule has 0 saturated heterocycles. The molecule has 22 heavy (non-hydrogen) atoms. The Labute approximate surface area is 134 Å². The summed E-state index contributed by atoms with van der Waals surface area (Å²) in [6.45, 7) is 8.37. The summed E-state index contributed by atoms with van der Waals surface area (Å²) in [4.78, 5) is 12.2. The molecule has 1 aliphatic rings. The summed E-state index contributed by atoms with van der Waals surface area (Å²) in [5, 5.41) is 3.11. The van der Waals surface area contributed by atoms with Gasteiger partial charge in [-0.25, -0.2) is 0 Å². The summed E-state index contributed by atoms with van der Waals surface area (Å²) in [5.41, 5.74) is 1.39. The van der Waals surface area contributed by atoms with Gasteiger partial charge in [0.25, 0.3) is 5.91 Å². The largest absolute Gasteiger partial charge is 0.481 e. The third kappa shape index (κ3) is 4.75. The molecule has 1 saturated carbocycles. The second kappa shape index (κ2) is 7.17. The number of carbonyl (C=O) groups is 1. The second-order valence-corrected chi connectivity index (χ2v) is 7.38. The van der Waals surface area contributed by atoms with Crippen molar-refractivity contribution in [3.05, 3.63) is 29.8 Å². The van der Waals surface area contributed by atoms with Gasteiger partial charge in [-0.1, -0.05) is 52.2 Å². The normalized spacial score (nSPS) is 17.8. The maximum absolute atomic E-state index is 12.2. The molecule has 0 spiro atoms. The minimum Gasteiger partial charge on any atom is -0.481 e. The average Bonchev–Trinajstić information content (AvgIpc) is 2.48. The molecule has 1 amide bonds. The number of hydrogen-bond donors (Lipinski definition) is 1. The molecular weight excluding hydrogens is 274 g/mol. The van der Waals surface area contributed by atoms with Crippen LogP contribution in [0.15, 0.2) is 24.3 Å². The summed E-state index contributed by atoms with van der Waals surface area (Å²) < 4.78 is 5.77. The quantitative estimate of drug-likeness (QED) is 0.905. The van der Waals surface area contributed by atoms with Crippen molar-refractivity contribution < 1.29 is 9.53 Å². The SMILES string of the molecule is C[C@@H](Oc1ccc(C(C)(C)C)cc1)C(=O)NC1CCCCC1. The Hall–Kier alpha value is -1.51. The van der Waals surface area contributed by atoms with Crippen molar-refractivity contribution in [1.29, 1.82) is 0 Å². The van der Waals surface area contributed by atoms with Crippen molar-refractivity contribution in [2.24, 2.45) is 0 Å². The van der Waals surface area contributed by atoms with Crippen LogP contribution in [0, 0.1) is 0 Å². The van der Waals surface area contributed by atoms with Crippen molar-refractivity contribution in [3.63, 3.8) is 0 Å². The molecule has 0 radical (unpaired) electrons. The van der Waals surface area contributed by atoms with E-state index in [0.717, 1.165) is 18.6 Å². The molecule has 1 aromatic carbocycles. The molecule has 3 nitrogen and oxygen atoms in total. The first-order valence-corrected chi connectivity index (χ1v) is 8.44. The van der Waals surface area contributed by atoms with Gasteiger partial charge in [-0.2, -0.15) is 0 Å². The Kier molecular flexibility index (Phi) is 5.49. The summed E-state index contributed by atoms with van der Waals surface area (Å²) in [5.74, 6) is 0.742. The van der Waals surface area contributed by atoms with Crippen LogP contribution in [-0.2, 0) is 10.2 Å². The summed E-state index contributed by atoms with van der Waals surface area (Å²) in [6.07, 6.45) is 5.46. The van der Waals surface area contributed by atoms with E-state index in [-0.39, 0.29) is 11.3 Å². The maximum Gasteiger partial charge on any atom is 0.260 e. The fourth-order valence-electron chi connectivity index (χ4n) is 2.86. The molecule has 2 rings (SSSR count). The summed E-state index contributed by atoms with van der Waals surface area (Å²) in [7, 11) is 0. The highest BCUT2D eigenvalue weighted by atomic mass is 16.5. The molecule has 1 N–H and O–H groups in total. The number of hydrogen-bond acceptors (Lipinski definition) is 2. The molecule has 122 valence electrons. The topological polar surface area (TPSA) is 38.3 Å². The van der Waals surface area contributed by atoms with Crippen LogP contribution in [0.1, 0.15) is 65.4 Å². The van der Waals surface area contributed by atoms with Gasteiger partial charge in [0.1, 0.15) is 5.75 Å². The van der Waals surface area contributed by atoms with Gasteiger partial charge < -0.3 is 10.1 Å². The fraction of sp³-hybridized carbons (Fsp3) is 0.632. The standard InChI is InChI=1S/C19H29NO2/c1-14(18(21)20-16-8-6-5-7-9-16)22-17-12-10-15(11-13-17)19(2,3)4/h10-14,16H,5-9H2,1-4H3,(H,20,21)/t14-/m1/s1. The Balaban J connectivity index is 1.87. The van der Waals surface area contributed by atoms with Gasteiger partial charge in [-0.15, -0.1) is 0 Å². The molecular formula is C19H29NO2. The van der Waals surface area contributed by atoms with E-state index in [9.17, 15) is 4.79 Å². The van der Waals surface area contributed by atoms with E-state index in [1.165, 1.54) is 24.8 Å². The number of rotatable bonds is 4. The Morgan fingerprint density at radius 3 is 2.27 bits per heavy atom. The predicted octanol–water partition coefficient (Wildman–Crippen LogP) is 4.20. The average molecular weight is 303 g/mol. The van der Waals surface area contributed by atoms with Gasteiger partial charge in [0.15, 0.2) is 6.10 Å². The molecule has 1 atom stereocenters. The number of amides is 1. The van der Waals surface area contributed by atoms with E-state index in [1.807, 2.05) is 19.1 Å². The fourth-order valence-corrected chi connectivity index (χ4v) is 2.86. The first-order valence-electron chi connectivity index (χ1n) is 8.44. The maximum atomic E-state index is 12.2. The third-order valence-corrected chi connectivity index (χ3v) is 4.35. The summed E-state index contributed by atoms with van der Waals surface area (Å²) >= 11 is 0. The van der Waals surface area contributed by atoms with Crippen molar-refractivity contribution in [2.45, 2.75) is 77.4 Å². The van der Waals surface area contributed by atoms with Gasteiger partial charge in [-0.3, -0.25) is 4.79 Å². The lowest BCUT2D eigenvalue weighted by Gasteiger charge is -2.25. The Bertz CT molecular complexity index is 481. The zero-order valence-electron chi connectivity index (χ0n) is 14.3. The van der Waals surface area contributed by atoms with E-state index < -0.39 is 6.10 Å². The molecule has 0 unspecified atom stereocenters. The van der Waals surface area contributed by atoms with Crippen LogP contribution < -0.4 is 10.1 Å². The van der Waals surface area contributed by atoms with Crippen LogP contribution in [0.3, 0.4) is 0 Å². The lowest BCUT2D eigenvalue weighted by Crippen LogP contribution is -2.43. The van der Waals surface area contributed by atoms with Gasteiger partial charge in [0, 0.05) is 6.04 Å². The highest BCUT2D eigenvalue weighted by Gasteiger charge is 2.21. The minimum absolute atomic E-state index is 0.00759. The van der Waals surface area contributed by atoms with Gasteiger partial charge in [0.2, 0.25) is 0 Å². The minimum atomic E-state index is -0.456. The molecule has 3 heteroatoms. The second-order valence-electron chi connectivity index (χ2n) is 7.38. The van der Waals surface area contributed by atoms with Gasteiger partial charge in [-0.05, 0) is 42.9 Å². The number of carbonyl (C=O) groups excluding carboxylic acids is 1. The van der Waals surface area contributed by atoms with E-state index in [4.69, 9.17) is 4.74 Å². The smallest absolute Gasteiger partial charge is 0.260 e. The van der Waals surface area contributed by atoms with Crippen molar-refractivity contribution >= 4 is 5.91 Å². The molecule has 0 aliphatic heterocycles. The van der Waals surface area contributed by atoms with Crippen LogP contribution in [0.2, 0.25) is 0 Å². The van der Waals surface area contributed by atoms with Crippen LogP contribution >= 0.6 is 0 Å². The highest BCUT2D eigenvalue weighted by Crippen LogP contribution is 2.24. The lowest BCUT2D eigenvalue weighted by molar-refractivity contribution is -0.128. The van der Waals surface area contributed by atoms with E-state index >= 15 is 0 Å². The van der Waals surface area contributed by atoms with E-state index in [1.54, 1.807) is 0 Å². The van der Waals surface area contributed by atoms with Crippen molar-refractivity contribution in [2.75, 3.05) is 0 Å². The summed E-state index contributed by atoms with van der Waals surface area (Å²) in [6, 6.07) is 8.37. The molecule has 1 fully saturated rings. The van der Waals surface area contributed by atoms with Crippen LogP contribution in [0.25, 0.3) is 0 Å². The highest BCUT2D eigenvalue weighted by molar-refractivity contribution is 5.81. The van der Waals surface area contributed by atoms with Crippen LogP contribution in [0.5, 0.6) is 5.75 Å².